The van der Waals surface area contributed by atoms with Gasteiger partial charge in [-0.3, -0.25) is 9.59 Å². The Balaban J connectivity index is 1.27. The number of urea groups is 1. The summed E-state index contributed by atoms with van der Waals surface area (Å²) in [4.78, 5) is 42.3. The zero-order valence-corrected chi connectivity index (χ0v) is 21.4. The van der Waals surface area contributed by atoms with E-state index in [-0.39, 0.29) is 23.8 Å². The minimum Gasteiger partial charge on any atom is -0.497 e. The first-order valence-electron chi connectivity index (χ1n) is 12.0. The summed E-state index contributed by atoms with van der Waals surface area (Å²) >= 11 is 3.44. The maximum atomic E-state index is 13.3. The summed E-state index contributed by atoms with van der Waals surface area (Å²) in [5, 5.41) is 5.91. The molecular weight excluding hydrogens is 512 g/mol. The summed E-state index contributed by atoms with van der Waals surface area (Å²) in [6.07, 6.45) is 2.68. The van der Waals surface area contributed by atoms with Crippen LogP contribution < -0.4 is 15.4 Å². The third-order valence-corrected chi connectivity index (χ3v) is 7.38. The Kier molecular flexibility index (Phi) is 8.28. The number of methoxy groups -OCH3 is 1. The number of benzene rings is 2. The van der Waals surface area contributed by atoms with Crippen LogP contribution in [0, 0.1) is 5.92 Å². The van der Waals surface area contributed by atoms with E-state index >= 15 is 0 Å². The molecule has 0 spiro atoms. The fraction of sp³-hybridized carbons (Fsp3) is 0.423. The molecule has 8 nitrogen and oxygen atoms in total. The van der Waals surface area contributed by atoms with Crippen molar-refractivity contribution in [3.05, 3.63) is 58.6 Å². The monoisotopic (exact) mass is 542 g/mol. The Hall–Kier alpha value is -3.07. The molecule has 35 heavy (non-hydrogen) atoms. The predicted molar refractivity (Wildman–Crippen MR) is 137 cm³/mol. The van der Waals surface area contributed by atoms with Crippen LogP contribution in [0.2, 0.25) is 0 Å². The van der Waals surface area contributed by atoms with Gasteiger partial charge in [0.05, 0.1) is 12.8 Å². The van der Waals surface area contributed by atoms with Gasteiger partial charge in [-0.25, -0.2) is 4.79 Å². The highest BCUT2D eigenvalue weighted by Crippen LogP contribution is 2.26. The molecule has 4 amide bonds. The van der Waals surface area contributed by atoms with Gasteiger partial charge in [0.1, 0.15) is 11.8 Å². The van der Waals surface area contributed by atoms with E-state index in [0.29, 0.717) is 51.1 Å². The van der Waals surface area contributed by atoms with Crippen molar-refractivity contribution in [3.63, 3.8) is 0 Å². The Morgan fingerprint density at radius 1 is 1.03 bits per heavy atom. The van der Waals surface area contributed by atoms with Gasteiger partial charge in [0, 0.05) is 36.6 Å². The van der Waals surface area contributed by atoms with E-state index in [9.17, 15) is 14.4 Å². The average Bonchev–Trinajstić information content (AvgIpc) is 3.38. The summed E-state index contributed by atoms with van der Waals surface area (Å²) in [7, 11) is 1.62. The van der Waals surface area contributed by atoms with E-state index in [1.165, 1.54) is 0 Å². The number of amides is 4. The normalized spacial score (nSPS) is 18.3. The molecule has 4 rings (SSSR count). The number of anilines is 1. The molecule has 0 saturated carbocycles. The summed E-state index contributed by atoms with van der Waals surface area (Å²) in [5.74, 6) is 0.618. The van der Waals surface area contributed by atoms with Crippen molar-refractivity contribution in [2.45, 2.75) is 38.3 Å². The van der Waals surface area contributed by atoms with Crippen molar-refractivity contribution >= 4 is 39.5 Å². The van der Waals surface area contributed by atoms with Crippen LogP contribution in [0.5, 0.6) is 5.75 Å². The zero-order chi connectivity index (χ0) is 24.8. The number of nitrogens with zero attached hydrogens (tertiary/aromatic N) is 2. The summed E-state index contributed by atoms with van der Waals surface area (Å²) in [5.41, 5.74) is 1.66. The van der Waals surface area contributed by atoms with Crippen LogP contribution in [0.1, 0.15) is 31.2 Å². The second kappa shape index (κ2) is 11.6. The standard InChI is InChI=1S/C26H31BrN4O4/c1-35-20-7-4-6-18(16-20)17-28-24(32)19-11-14-30(15-12-19)25(33)23-10-5-13-31(23)26(34)29-22-9-3-2-8-21(22)27/h2-4,6-9,16,19,23H,5,10-15,17H2,1H3,(H,28,32)(H,29,34)/t23-/m0/s1. The van der Waals surface area contributed by atoms with Crippen LogP contribution in [-0.4, -0.2) is 60.4 Å². The topological polar surface area (TPSA) is 91.0 Å². The van der Waals surface area contributed by atoms with Crippen LogP contribution >= 0.6 is 15.9 Å². The largest absolute Gasteiger partial charge is 0.497 e. The third kappa shape index (κ3) is 6.14. The van der Waals surface area contributed by atoms with Crippen LogP contribution in [-0.2, 0) is 16.1 Å². The minimum atomic E-state index is -0.462. The molecule has 2 saturated heterocycles. The molecule has 2 heterocycles. The molecule has 1 atom stereocenters. The van der Waals surface area contributed by atoms with Crippen LogP contribution in [0.25, 0.3) is 0 Å². The van der Waals surface area contributed by atoms with Crippen molar-refractivity contribution in [2.24, 2.45) is 5.92 Å². The van der Waals surface area contributed by atoms with E-state index in [2.05, 4.69) is 26.6 Å². The lowest BCUT2D eigenvalue weighted by Crippen LogP contribution is -2.51. The number of para-hydroxylation sites is 1. The van der Waals surface area contributed by atoms with Gasteiger partial charge in [0.25, 0.3) is 0 Å². The lowest BCUT2D eigenvalue weighted by molar-refractivity contribution is -0.138. The Labute approximate surface area is 214 Å². The number of rotatable bonds is 6. The molecule has 2 aromatic carbocycles. The molecule has 2 N–H and O–H groups in total. The molecule has 0 aromatic heterocycles. The highest BCUT2D eigenvalue weighted by atomic mass is 79.9. The Morgan fingerprint density at radius 3 is 2.54 bits per heavy atom. The fourth-order valence-electron chi connectivity index (χ4n) is 4.70. The van der Waals surface area contributed by atoms with Crippen LogP contribution in [0.15, 0.2) is 53.0 Å². The van der Waals surface area contributed by atoms with Crippen LogP contribution in [0.3, 0.4) is 0 Å². The molecule has 2 fully saturated rings. The molecule has 0 radical (unpaired) electrons. The number of ether oxygens (including phenoxy) is 1. The smallest absolute Gasteiger partial charge is 0.322 e. The molecule has 186 valence electrons. The zero-order valence-electron chi connectivity index (χ0n) is 19.8. The SMILES string of the molecule is COc1cccc(CNC(=O)C2CCN(C(=O)[C@@H]3CCCN3C(=O)Nc3ccccc3Br)CC2)c1. The highest BCUT2D eigenvalue weighted by molar-refractivity contribution is 9.10. The first kappa shape index (κ1) is 25.0. The Morgan fingerprint density at radius 2 is 1.80 bits per heavy atom. The van der Waals surface area contributed by atoms with Gasteiger partial charge < -0.3 is 25.2 Å². The summed E-state index contributed by atoms with van der Waals surface area (Å²) < 4.78 is 6.02. The second-order valence-electron chi connectivity index (χ2n) is 8.93. The van der Waals surface area contributed by atoms with Crippen molar-refractivity contribution in [1.82, 2.24) is 15.1 Å². The third-order valence-electron chi connectivity index (χ3n) is 6.69. The maximum Gasteiger partial charge on any atom is 0.322 e. The van der Waals surface area contributed by atoms with Crippen molar-refractivity contribution < 1.29 is 19.1 Å². The lowest BCUT2D eigenvalue weighted by atomic mass is 9.95. The van der Waals surface area contributed by atoms with E-state index in [1.807, 2.05) is 48.5 Å². The molecule has 2 aliphatic rings. The summed E-state index contributed by atoms with van der Waals surface area (Å²) in [6.45, 7) is 2.03. The fourth-order valence-corrected chi connectivity index (χ4v) is 5.09. The number of hydrogen-bond donors (Lipinski definition) is 2. The molecule has 0 bridgehead atoms. The molecule has 2 aliphatic heterocycles. The average molecular weight is 543 g/mol. The van der Waals surface area contributed by atoms with E-state index in [1.54, 1.807) is 16.9 Å². The Bertz CT molecular complexity index is 1070. The first-order chi connectivity index (χ1) is 17.0. The molecular formula is C26H31BrN4O4. The number of carbonyl (C=O) groups is 3. The number of nitrogens with one attached hydrogen (secondary N) is 2. The number of likely N-dealkylation sites (tertiary alicyclic amines) is 2. The molecule has 0 aliphatic carbocycles. The molecule has 0 unspecified atom stereocenters. The number of carbonyl (C=O) groups excluding carboxylic acids is 3. The molecule has 2 aromatic rings. The summed E-state index contributed by atoms with van der Waals surface area (Å²) in [6, 6.07) is 14.3. The highest BCUT2D eigenvalue weighted by Gasteiger charge is 2.38. The second-order valence-corrected chi connectivity index (χ2v) is 9.78. The van der Waals surface area contributed by atoms with Gasteiger partial charge in [-0.05, 0) is 71.4 Å². The van der Waals surface area contributed by atoms with Gasteiger partial charge >= 0.3 is 6.03 Å². The van der Waals surface area contributed by atoms with Crippen LogP contribution in [0.4, 0.5) is 10.5 Å². The van der Waals surface area contributed by atoms with Crippen molar-refractivity contribution in [3.8, 4) is 5.75 Å². The lowest BCUT2D eigenvalue weighted by Gasteiger charge is -2.35. The minimum absolute atomic E-state index is 0.00947. The van der Waals surface area contributed by atoms with Gasteiger partial charge in [0.15, 0.2) is 0 Å². The van der Waals surface area contributed by atoms with E-state index in [0.717, 1.165) is 22.2 Å². The van der Waals surface area contributed by atoms with Gasteiger partial charge in [-0.15, -0.1) is 0 Å². The molecule has 9 heteroatoms. The first-order valence-corrected chi connectivity index (χ1v) is 12.8. The van der Waals surface area contributed by atoms with Crippen molar-refractivity contribution in [2.75, 3.05) is 32.1 Å². The van der Waals surface area contributed by atoms with Gasteiger partial charge in [-0.2, -0.15) is 0 Å². The maximum absolute atomic E-state index is 13.3. The number of hydrogen-bond acceptors (Lipinski definition) is 4. The van der Waals surface area contributed by atoms with Crippen molar-refractivity contribution in [1.29, 1.82) is 0 Å². The van der Waals surface area contributed by atoms with Gasteiger partial charge in [-0.1, -0.05) is 24.3 Å². The van der Waals surface area contributed by atoms with E-state index in [4.69, 9.17) is 4.74 Å². The quantitative estimate of drug-likeness (QED) is 0.576. The van der Waals surface area contributed by atoms with Gasteiger partial charge in [0.2, 0.25) is 11.8 Å². The predicted octanol–water partition coefficient (Wildman–Crippen LogP) is 4.01. The van der Waals surface area contributed by atoms with E-state index < -0.39 is 6.04 Å². The number of halogens is 1. The number of piperidine rings is 1.